The van der Waals surface area contributed by atoms with E-state index in [1.165, 1.54) is 54.6 Å². The Morgan fingerprint density at radius 1 is 0.650 bits per heavy atom. The lowest BCUT2D eigenvalue weighted by atomic mass is 10.1. The Balaban J connectivity index is 1.50. The predicted octanol–water partition coefficient (Wildman–Crippen LogP) is 6.77. The third kappa shape index (κ3) is 6.76. The number of rotatable bonds is 8. The van der Waals surface area contributed by atoms with Gasteiger partial charge in [0.1, 0.15) is 0 Å². The third-order valence-electron chi connectivity index (χ3n) is 6.10. The molecule has 0 atom stereocenters. The fourth-order valence-electron chi connectivity index (χ4n) is 3.74. The van der Waals surface area contributed by atoms with Gasteiger partial charge in [0.15, 0.2) is 0 Å². The maximum absolute atomic E-state index is 13.1. The van der Waals surface area contributed by atoms with Crippen LogP contribution in [0.4, 0.5) is 17.1 Å². The van der Waals surface area contributed by atoms with Crippen molar-refractivity contribution in [3.05, 3.63) is 111 Å². The molecular formula is C28H25Cl2N3O5S2. The number of sulfonamides is 2. The quantitative estimate of drug-likeness (QED) is 0.201. The normalized spacial score (nSPS) is 11.6. The van der Waals surface area contributed by atoms with Gasteiger partial charge in [-0.1, -0.05) is 35.3 Å². The zero-order valence-electron chi connectivity index (χ0n) is 21.6. The van der Waals surface area contributed by atoms with Crippen molar-refractivity contribution in [3.8, 4) is 0 Å². The van der Waals surface area contributed by atoms with Crippen LogP contribution in [0, 0.1) is 20.8 Å². The summed E-state index contributed by atoms with van der Waals surface area (Å²) in [5.74, 6) is -0.565. The highest BCUT2D eigenvalue weighted by molar-refractivity contribution is 7.93. The summed E-state index contributed by atoms with van der Waals surface area (Å²) in [7, 11) is -7.94. The molecular weight excluding hydrogens is 593 g/mol. The van der Waals surface area contributed by atoms with Gasteiger partial charge in [0.2, 0.25) is 0 Å². The van der Waals surface area contributed by atoms with Crippen LogP contribution in [0.3, 0.4) is 0 Å². The molecule has 4 aromatic carbocycles. The van der Waals surface area contributed by atoms with Gasteiger partial charge in [-0.25, -0.2) is 16.8 Å². The molecule has 0 fully saturated rings. The van der Waals surface area contributed by atoms with Gasteiger partial charge >= 0.3 is 0 Å². The number of aryl methyl sites for hydroxylation is 3. The minimum absolute atomic E-state index is 0.0354. The molecule has 0 saturated heterocycles. The van der Waals surface area contributed by atoms with Crippen LogP contribution in [-0.4, -0.2) is 22.7 Å². The second-order valence-electron chi connectivity index (χ2n) is 9.09. The first-order valence-corrected chi connectivity index (χ1v) is 15.6. The van der Waals surface area contributed by atoms with Crippen molar-refractivity contribution < 1.29 is 21.6 Å². The Morgan fingerprint density at radius 3 is 1.95 bits per heavy atom. The first kappa shape index (κ1) is 29.4. The van der Waals surface area contributed by atoms with E-state index in [0.717, 1.165) is 11.1 Å². The van der Waals surface area contributed by atoms with Crippen molar-refractivity contribution in [2.24, 2.45) is 0 Å². The van der Waals surface area contributed by atoms with E-state index >= 15 is 0 Å². The van der Waals surface area contributed by atoms with Crippen LogP contribution in [0.1, 0.15) is 27.0 Å². The molecule has 3 N–H and O–H groups in total. The number of carbonyl (C=O) groups is 1. The molecule has 40 heavy (non-hydrogen) atoms. The number of benzene rings is 4. The van der Waals surface area contributed by atoms with Crippen molar-refractivity contribution in [1.29, 1.82) is 0 Å². The highest BCUT2D eigenvalue weighted by Gasteiger charge is 2.20. The molecule has 0 saturated carbocycles. The molecule has 0 aliphatic heterocycles. The maximum Gasteiger partial charge on any atom is 0.262 e. The van der Waals surface area contributed by atoms with Crippen molar-refractivity contribution in [2.45, 2.75) is 30.6 Å². The molecule has 0 aliphatic carbocycles. The van der Waals surface area contributed by atoms with Crippen LogP contribution in [0.5, 0.6) is 0 Å². The first-order chi connectivity index (χ1) is 18.7. The van der Waals surface area contributed by atoms with Crippen molar-refractivity contribution >= 4 is 66.2 Å². The molecule has 0 radical (unpaired) electrons. The van der Waals surface area contributed by atoms with E-state index in [1.54, 1.807) is 25.1 Å². The molecule has 208 valence electrons. The summed E-state index contributed by atoms with van der Waals surface area (Å²) in [6.07, 6.45) is 0. The number of anilines is 3. The SMILES string of the molecule is Cc1ccc(NS(=O)(=O)c2cc(C(=O)Nc3ccc(S(=O)(=O)Nc4ccc(Cl)cc4Cl)cc3)ccc2C)cc1C. The number of nitrogens with one attached hydrogen (secondary N) is 3. The summed E-state index contributed by atoms with van der Waals surface area (Å²) in [6.45, 7) is 5.46. The number of amides is 1. The average molecular weight is 619 g/mol. The summed E-state index contributed by atoms with van der Waals surface area (Å²) in [5, 5.41) is 3.17. The van der Waals surface area contributed by atoms with Crippen molar-refractivity contribution in [1.82, 2.24) is 0 Å². The maximum atomic E-state index is 13.1. The summed E-state index contributed by atoms with van der Waals surface area (Å²) in [5.41, 5.74) is 3.45. The number of hydrogen-bond donors (Lipinski definition) is 3. The van der Waals surface area contributed by atoms with E-state index in [4.69, 9.17) is 23.2 Å². The van der Waals surface area contributed by atoms with Crippen LogP contribution >= 0.6 is 23.2 Å². The highest BCUT2D eigenvalue weighted by atomic mass is 35.5. The molecule has 0 bridgehead atoms. The average Bonchev–Trinajstić information content (AvgIpc) is 2.88. The molecule has 1 amide bonds. The van der Waals surface area contributed by atoms with Gasteiger partial charge in [0, 0.05) is 22.0 Å². The summed E-state index contributed by atoms with van der Waals surface area (Å²) in [4.78, 5) is 12.9. The Bertz CT molecular complexity index is 1830. The van der Waals surface area contributed by atoms with Crippen LogP contribution in [0.2, 0.25) is 10.0 Å². The van der Waals surface area contributed by atoms with Crippen molar-refractivity contribution in [3.63, 3.8) is 0 Å². The number of halogens is 2. The topological polar surface area (TPSA) is 121 Å². The molecule has 4 aromatic rings. The molecule has 4 rings (SSSR count). The summed E-state index contributed by atoms with van der Waals surface area (Å²) in [6, 6.07) is 19.4. The lowest BCUT2D eigenvalue weighted by Crippen LogP contribution is -2.17. The largest absolute Gasteiger partial charge is 0.322 e. The molecule has 0 spiro atoms. The Morgan fingerprint density at radius 2 is 1.30 bits per heavy atom. The van der Waals surface area contributed by atoms with E-state index in [9.17, 15) is 21.6 Å². The Labute approximate surface area is 243 Å². The lowest BCUT2D eigenvalue weighted by Gasteiger charge is -2.13. The molecule has 0 aliphatic rings. The minimum Gasteiger partial charge on any atom is -0.322 e. The predicted molar refractivity (Wildman–Crippen MR) is 160 cm³/mol. The van der Waals surface area contributed by atoms with Gasteiger partial charge < -0.3 is 5.32 Å². The minimum atomic E-state index is -3.98. The van der Waals surface area contributed by atoms with Gasteiger partial charge in [-0.15, -0.1) is 0 Å². The lowest BCUT2D eigenvalue weighted by molar-refractivity contribution is 0.102. The molecule has 0 aromatic heterocycles. The van der Waals surface area contributed by atoms with Crippen LogP contribution in [0.15, 0.2) is 88.7 Å². The summed E-state index contributed by atoms with van der Waals surface area (Å²) >= 11 is 11.9. The van der Waals surface area contributed by atoms with Crippen LogP contribution in [0.25, 0.3) is 0 Å². The van der Waals surface area contributed by atoms with Gasteiger partial charge in [-0.3, -0.25) is 14.2 Å². The fraction of sp³-hybridized carbons (Fsp3) is 0.107. The van der Waals surface area contributed by atoms with Gasteiger partial charge in [0.05, 0.1) is 20.5 Å². The van der Waals surface area contributed by atoms with Crippen LogP contribution < -0.4 is 14.8 Å². The van der Waals surface area contributed by atoms with Gasteiger partial charge in [-0.2, -0.15) is 0 Å². The zero-order valence-corrected chi connectivity index (χ0v) is 24.8. The van der Waals surface area contributed by atoms with E-state index in [-0.39, 0.29) is 26.1 Å². The molecule has 0 heterocycles. The number of carbonyl (C=O) groups excluding carboxylic acids is 1. The van der Waals surface area contributed by atoms with Gasteiger partial charge in [-0.05, 0) is 104 Å². The molecule has 8 nitrogen and oxygen atoms in total. The monoisotopic (exact) mass is 617 g/mol. The van der Waals surface area contributed by atoms with Crippen molar-refractivity contribution in [2.75, 3.05) is 14.8 Å². The highest BCUT2D eigenvalue weighted by Crippen LogP contribution is 2.28. The summed E-state index contributed by atoms with van der Waals surface area (Å²) < 4.78 is 56.8. The van der Waals surface area contributed by atoms with Gasteiger partial charge in [0.25, 0.3) is 26.0 Å². The fourth-order valence-corrected chi connectivity index (χ4v) is 6.66. The molecule has 0 unspecified atom stereocenters. The Hall–Kier alpha value is -3.57. The third-order valence-corrected chi connectivity index (χ3v) is 9.55. The standard InChI is InChI=1S/C28H25Cl2N3O5S2/c1-17-5-8-23(14-19(17)3)32-40(37,38)27-15-20(6-4-18(27)2)28(34)31-22-9-11-24(12-10-22)39(35,36)33-26-13-7-21(29)16-25(26)30/h4-16,32-33H,1-3H3,(H,31,34). The van der Waals surface area contributed by atoms with E-state index in [0.29, 0.717) is 22.0 Å². The second-order valence-corrected chi connectivity index (χ2v) is 13.3. The first-order valence-electron chi connectivity index (χ1n) is 11.9. The molecule has 12 heteroatoms. The number of hydrogen-bond acceptors (Lipinski definition) is 5. The van der Waals surface area contributed by atoms with E-state index < -0.39 is 26.0 Å². The van der Waals surface area contributed by atoms with Crippen LogP contribution in [-0.2, 0) is 20.0 Å². The zero-order chi connectivity index (χ0) is 29.2. The van der Waals surface area contributed by atoms with E-state index in [2.05, 4.69) is 14.8 Å². The second kappa shape index (κ2) is 11.5. The smallest absolute Gasteiger partial charge is 0.262 e. The van der Waals surface area contributed by atoms with E-state index in [1.807, 2.05) is 19.9 Å². The Kier molecular flexibility index (Phi) is 8.46.